The molecule has 2 heterocycles. The summed E-state index contributed by atoms with van der Waals surface area (Å²) < 4.78 is 5.71. The number of hydrogen-bond donors (Lipinski definition) is 1. The molecule has 0 bridgehead atoms. The van der Waals surface area contributed by atoms with E-state index in [0.29, 0.717) is 5.76 Å². The minimum atomic E-state index is -0.101. The van der Waals surface area contributed by atoms with E-state index in [9.17, 15) is 4.79 Å². The number of hydrogen-bond acceptors (Lipinski definition) is 3. The van der Waals surface area contributed by atoms with Crippen LogP contribution in [0.2, 0.25) is 0 Å². The van der Waals surface area contributed by atoms with E-state index in [1.165, 1.54) is 5.56 Å². The number of likely N-dealkylation sites (N-methyl/N-ethyl adjacent to an activating group) is 1. The number of rotatable bonds is 5. The average molecular weight is 312 g/mol. The molecule has 4 nitrogen and oxygen atoms in total. The van der Waals surface area contributed by atoms with Crippen molar-refractivity contribution in [1.29, 1.82) is 0 Å². The molecule has 1 atom stereocenters. The number of likely N-dealkylation sites (tertiary alicyclic amines) is 1. The van der Waals surface area contributed by atoms with Crippen molar-refractivity contribution in [2.75, 3.05) is 20.1 Å². The second-order valence-electron chi connectivity index (χ2n) is 6.33. The molecule has 1 saturated heterocycles. The van der Waals surface area contributed by atoms with Crippen molar-refractivity contribution < 1.29 is 9.21 Å². The van der Waals surface area contributed by atoms with Crippen LogP contribution in [0.5, 0.6) is 0 Å². The number of nitrogens with one attached hydrogen (secondary N) is 1. The highest BCUT2D eigenvalue weighted by Gasteiger charge is 2.21. The molecule has 23 heavy (non-hydrogen) atoms. The first-order valence-electron chi connectivity index (χ1n) is 8.33. The smallest absolute Gasteiger partial charge is 0.287 e. The Kier molecular flexibility index (Phi) is 5.13. The highest BCUT2D eigenvalue weighted by Crippen LogP contribution is 2.13. The second-order valence-corrected chi connectivity index (χ2v) is 6.33. The van der Waals surface area contributed by atoms with Crippen LogP contribution in [0, 0.1) is 0 Å². The lowest BCUT2D eigenvalue weighted by atomic mass is 10.1. The average Bonchev–Trinajstić information content (AvgIpc) is 3.03. The number of nitrogens with zero attached hydrogens (tertiary/aromatic N) is 1. The van der Waals surface area contributed by atoms with Gasteiger partial charge in [0.15, 0.2) is 5.76 Å². The maximum atomic E-state index is 12.3. The fraction of sp³-hybridized carbons (Fsp3) is 0.421. The third-order valence-corrected chi connectivity index (χ3v) is 4.35. The van der Waals surface area contributed by atoms with Crippen molar-refractivity contribution >= 4 is 5.91 Å². The number of piperidine rings is 1. The molecule has 1 aliphatic heterocycles. The highest BCUT2D eigenvalue weighted by molar-refractivity contribution is 5.91. The van der Waals surface area contributed by atoms with Crippen LogP contribution in [-0.4, -0.2) is 37.0 Å². The lowest BCUT2D eigenvalue weighted by Crippen LogP contribution is -2.46. The van der Waals surface area contributed by atoms with Gasteiger partial charge < -0.3 is 14.6 Å². The molecule has 122 valence electrons. The molecule has 0 radical (unpaired) electrons. The molecule has 1 aromatic carbocycles. The summed E-state index contributed by atoms with van der Waals surface area (Å²) in [4.78, 5) is 14.5. The molecule has 0 spiro atoms. The maximum Gasteiger partial charge on any atom is 0.287 e. The number of carbonyl (C=O) groups excluding carboxylic acids is 1. The van der Waals surface area contributed by atoms with Gasteiger partial charge in [-0.1, -0.05) is 30.3 Å². The molecule has 1 aliphatic rings. The van der Waals surface area contributed by atoms with Gasteiger partial charge in [-0.15, -0.1) is 0 Å². The summed E-state index contributed by atoms with van der Waals surface area (Å²) in [5.41, 5.74) is 1.28. The fourth-order valence-electron chi connectivity index (χ4n) is 3.09. The highest BCUT2D eigenvalue weighted by atomic mass is 16.3. The molecular weight excluding hydrogens is 288 g/mol. The van der Waals surface area contributed by atoms with Gasteiger partial charge in [-0.05, 0) is 50.6 Å². The zero-order valence-corrected chi connectivity index (χ0v) is 13.6. The molecule has 1 unspecified atom stereocenters. The molecule has 1 fully saturated rings. The number of benzene rings is 1. The Morgan fingerprint density at radius 2 is 2.04 bits per heavy atom. The number of carbonyl (C=O) groups is 1. The van der Waals surface area contributed by atoms with E-state index in [1.807, 2.05) is 24.3 Å². The standard InChI is InChI=1S/C19H24N2O2/c1-21-13-5-8-16(14-21)20-19(22)18-12-11-17(23-18)10-9-15-6-3-2-4-7-15/h2-4,6-7,11-12,16H,5,8-10,13-14H2,1H3,(H,20,22). The Balaban J connectivity index is 1.52. The van der Waals surface area contributed by atoms with Crippen LogP contribution in [0.3, 0.4) is 0 Å². The first kappa shape index (κ1) is 15.8. The van der Waals surface area contributed by atoms with Gasteiger partial charge in [0.1, 0.15) is 5.76 Å². The fourth-order valence-corrected chi connectivity index (χ4v) is 3.09. The Hall–Kier alpha value is -2.07. The van der Waals surface area contributed by atoms with E-state index >= 15 is 0 Å². The zero-order chi connectivity index (χ0) is 16.1. The van der Waals surface area contributed by atoms with E-state index in [0.717, 1.165) is 44.5 Å². The monoisotopic (exact) mass is 312 g/mol. The van der Waals surface area contributed by atoms with Crippen LogP contribution in [0.15, 0.2) is 46.9 Å². The zero-order valence-electron chi connectivity index (χ0n) is 13.6. The molecular formula is C19H24N2O2. The quantitative estimate of drug-likeness (QED) is 0.923. The van der Waals surface area contributed by atoms with Gasteiger partial charge in [-0.25, -0.2) is 0 Å². The molecule has 1 N–H and O–H groups in total. The predicted octanol–water partition coefficient (Wildman–Crippen LogP) is 2.89. The van der Waals surface area contributed by atoms with Gasteiger partial charge in [-0.2, -0.15) is 0 Å². The third-order valence-electron chi connectivity index (χ3n) is 4.35. The van der Waals surface area contributed by atoms with Crippen LogP contribution in [-0.2, 0) is 12.8 Å². The molecule has 1 aromatic heterocycles. The van der Waals surface area contributed by atoms with Crippen LogP contribution in [0.25, 0.3) is 0 Å². The minimum absolute atomic E-state index is 0.101. The molecule has 1 amide bonds. The molecule has 4 heteroatoms. The van der Waals surface area contributed by atoms with Gasteiger partial charge in [0.05, 0.1) is 0 Å². The van der Waals surface area contributed by atoms with Crippen molar-refractivity contribution in [3.05, 3.63) is 59.5 Å². The maximum absolute atomic E-state index is 12.3. The minimum Gasteiger partial charge on any atom is -0.456 e. The van der Waals surface area contributed by atoms with Crippen LogP contribution >= 0.6 is 0 Å². The number of furan rings is 1. The summed E-state index contributed by atoms with van der Waals surface area (Å²) in [6.45, 7) is 2.02. The Bertz CT molecular complexity index is 636. The van der Waals surface area contributed by atoms with Crippen molar-refractivity contribution in [1.82, 2.24) is 10.2 Å². The van der Waals surface area contributed by atoms with Crippen LogP contribution in [0.1, 0.15) is 34.7 Å². The molecule has 0 saturated carbocycles. The first-order chi connectivity index (χ1) is 11.2. The van der Waals surface area contributed by atoms with Crippen molar-refractivity contribution in [2.45, 2.75) is 31.7 Å². The topological polar surface area (TPSA) is 45.5 Å². The normalized spacial score (nSPS) is 18.7. The summed E-state index contributed by atoms with van der Waals surface area (Å²) in [6, 6.07) is 14.2. The first-order valence-corrected chi connectivity index (χ1v) is 8.33. The van der Waals surface area contributed by atoms with Crippen LogP contribution in [0.4, 0.5) is 0 Å². The lowest BCUT2D eigenvalue weighted by molar-refractivity contribution is 0.0882. The van der Waals surface area contributed by atoms with E-state index in [4.69, 9.17) is 4.42 Å². The van der Waals surface area contributed by atoms with E-state index in [1.54, 1.807) is 6.07 Å². The summed E-state index contributed by atoms with van der Waals surface area (Å²) >= 11 is 0. The second kappa shape index (κ2) is 7.47. The number of amides is 1. The SMILES string of the molecule is CN1CCCC(NC(=O)c2ccc(CCc3ccccc3)o2)C1. The van der Waals surface area contributed by atoms with E-state index < -0.39 is 0 Å². The van der Waals surface area contributed by atoms with E-state index in [-0.39, 0.29) is 11.9 Å². The summed E-state index contributed by atoms with van der Waals surface area (Å²) in [5.74, 6) is 1.18. The van der Waals surface area contributed by atoms with Gasteiger partial charge in [0.2, 0.25) is 0 Å². The summed E-state index contributed by atoms with van der Waals surface area (Å²) in [7, 11) is 2.09. The molecule has 2 aromatic rings. The molecule has 0 aliphatic carbocycles. The van der Waals surface area contributed by atoms with Gasteiger partial charge in [0, 0.05) is 19.0 Å². The van der Waals surface area contributed by atoms with Gasteiger partial charge >= 0.3 is 0 Å². The van der Waals surface area contributed by atoms with Crippen LogP contribution < -0.4 is 5.32 Å². The Labute approximate surface area is 137 Å². The summed E-state index contributed by atoms with van der Waals surface area (Å²) in [5, 5.41) is 3.08. The molecule has 3 rings (SSSR count). The predicted molar refractivity (Wildman–Crippen MR) is 90.5 cm³/mol. The van der Waals surface area contributed by atoms with Gasteiger partial charge in [0.25, 0.3) is 5.91 Å². The van der Waals surface area contributed by atoms with Crippen molar-refractivity contribution in [2.24, 2.45) is 0 Å². The summed E-state index contributed by atoms with van der Waals surface area (Å²) in [6.07, 6.45) is 3.89. The van der Waals surface area contributed by atoms with E-state index in [2.05, 4.69) is 29.4 Å². The van der Waals surface area contributed by atoms with Gasteiger partial charge in [-0.3, -0.25) is 4.79 Å². The van der Waals surface area contributed by atoms with Crippen molar-refractivity contribution in [3.8, 4) is 0 Å². The lowest BCUT2D eigenvalue weighted by Gasteiger charge is -2.29. The Morgan fingerprint density at radius 3 is 2.83 bits per heavy atom. The third kappa shape index (κ3) is 4.45. The largest absolute Gasteiger partial charge is 0.456 e. The number of aryl methyl sites for hydroxylation is 2. The Morgan fingerprint density at radius 1 is 1.22 bits per heavy atom. The van der Waals surface area contributed by atoms with Crippen molar-refractivity contribution in [3.63, 3.8) is 0 Å².